The number of unbranched alkanes of at least 4 members (excludes halogenated alkanes) is 1. The van der Waals surface area contributed by atoms with Gasteiger partial charge < -0.3 is 0 Å². The van der Waals surface area contributed by atoms with Crippen molar-refractivity contribution in [1.82, 2.24) is 4.31 Å². The molecule has 0 aliphatic rings. The lowest BCUT2D eigenvalue weighted by atomic mass is 10.1. The highest BCUT2D eigenvalue weighted by Crippen LogP contribution is 2.25. The number of benzene rings is 5. The molecule has 0 bridgehead atoms. The third-order valence-corrected chi connectivity index (χ3v) is 10.2. The van der Waals surface area contributed by atoms with E-state index in [1.165, 1.54) is 4.31 Å². The molecule has 0 aromatic heterocycles. The summed E-state index contributed by atoms with van der Waals surface area (Å²) in [5, 5.41) is 3.59. The van der Waals surface area contributed by atoms with Gasteiger partial charge in [0.05, 0.1) is 16.4 Å². The minimum absolute atomic E-state index is 0.0391. The van der Waals surface area contributed by atoms with Crippen LogP contribution in [-0.2, 0) is 30.9 Å². The SMILES string of the molecule is Cc1cc(C)cc(CN(CCCCOS(=O)(=O)c2ccc3ccccc3c2)S(=O)(=O)c2ccc3ccccc3c2)c1. The lowest BCUT2D eigenvalue weighted by Gasteiger charge is -2.23. The molecule has 8 heteroatoms. The smallest absolute Gasteiger partial charge is 0.266 e. The lowest BCUT2D eigenvalue weighted by Crippen LogP contribution is -2.32. The Balaban J connectivity index is 1.30. The molecule has 0 saturated heterocycles. The topological polar surface area (TPSA) is 80.8 Å². The highest BCUT2D eigenvalue weighted by molar-refractivity contribution is 7.89. The van der Waals surface area contributed by atoms with Gasteiger partial charge in [0.2, 0.25) is 10.0 Å². The van der Waals surface area contributed by atoms with E-state index in [1.807, 2.05) is 80.6 Å². The molecular formula is C33H33NO5S2. The van der Waals surface area contributed by atoms with Crippen LogP contribution in [0, 0.1) is 13.8 Å². The Morgan fingerprint density at radius 2 is 1.15 bits per heavy atom. The summed E-state index contributed by atoms with van der Waals surface area (Å²) in [6, 6.07) is 31.3. The molecule has 5 aromatic rings. The maximum Gasteiger partial charge on any atom is 0.296 e. The minimum Gasteiger partial charge on any atom is -0.266 e. The molecule has 0 amide bonds. The molecule has 0 aliphatic carbocycles. The van der Waals surface area contributed by atoms with Crippen LogP contribution in [0.25, 0.3) is 21.5 Å². The number of nitrogens with zero attached hydrogens (tertiary/aromatic N) is 1. The van der Waals surface area contributed by atoms with E-state index < -0.39 is 20.1 Å². The van der Waals surface area contributed by atoms with Crippen molar-refractivity contribution in [2.45, 2.75) is 43.0 Å². The summed E-state index contributed by atoms with van der Waals surface area (Å²) in [5.41, 5.74) is 3.03. The first-order valence-corrected chi connectivity index (χ1v) is 16.4. The van der Waals surface area contributed by atoms with Gasteiger partial charge >= 0.3 is 0 Å². The predicted octanol–water partition coefficient (Wildman–Crippen LogP) is 6.99. The number of fused-ring (bicyclic) bond motifs is 2. The first-order valence-electron chi connectivity index (χ1n) is 13.6. The van der Waals surface area contributed by atoms with Gasteiger partial charge in [0.25, 0.3) is 10.1 Å². The molecule has 0 fully saturated rings. The molecule has 5 aromatic carbocycles. The Labute approximate surface area is 242 Å². The molecule has 0 unspecified atom stereocenters. The molecule has 0 N–H and O–H groups in total. The van der Waals surface area contributed by atoms with Crippen molar-refractivity contribution in [2.75, 3.05) is 13.2 Å². The van der Waals surface area contributed by atoms with Crippen LogP contribution in [0.1, 0.15) is 29.5 Å². The van der Waals surface area contributed by atoms with E-state index in [9.17, 15) is 16.8 Å². The van der Waals surface area contributed by atoms with Crippen LogP contribution in [0.15, 0.2) is 113 Å². The Kier molecular flexibility index (Phi) is 8.56. The van der Waals surface area contributed by atoms with Crippen LogP contribution in [0.5, 0.6) is 0 Å². The van der Waals surface area contributed by atoms with Gasteiger partial charge in [0.1, 0.15) is 0 Å². The van der Waals surface area contributed by atoms with Crippen molar-refractivity contribution >= 4 is 41.7 Å². The van der Waals surface area contributed by atoms with Crippen LogP contribution < -0.4 is 0 Å². The van der Waals surface area contributed by atoms with Crippen LogP contribution in [0.2, 0.25) is 0 Å². The second-order valence-corrected chi connectivity index (χ2v) is 13.9. The summed E-state index contributed by atoms with van der Waals surface area (Å²) in [5.74, 6) is 0. The lowest BCUT2D eigenvalue weighted by molar-refractivity contribution is 0.298. The second kappa shape index (κ2) is 12.1. The van der Waals surface area contributed by atoms with E-state index in [1.54, 1.807) is 30.3 Å². The van der Waals surface area contributed by atoms with Crippen LogP contribution >= 0.6 is 0 Å². The molecule has 0 aliphatic heterocycles. The van der Waals surface area contributed by atoms with Crippen molar-refractivity contribution in [2.24, 2.45) is 0 Å². The summed E-state index contributed by atoms with van der Waals surface area (Å²) in [6.45, 7) is 4.38. The van der Waals surface area contributed by atoms with Crippen molar-refractivity contribution in [1.29, 1.82) is 0 Å². The third-order valence-electron chi connectivity index (χ3n) is 7.05. The van der Waals surface area contributed by atoms with Crippen molar-refractivity contribution in [3.05, 3.63) is 120 Å². The fourth-order valence-electron chi connectivity index (χ4n) is 5.07. The van der Waals surface area contributed by atoms with Crippen LogP contribution in [0.3, 0.4) is 0 Å². The molecule has 0 saturated carbocycles. The van der Waals surface area contributed by atoms with Gasteiger partial charge in [-0.15, -0.1) is 0 Å². The summed E-state index contributed by atoms with van der Waals surface area (Å²) >= 11 is 0. The molecule has 0 radical (unpaired) electrons. The molecule has 0 spiro atoms. The normalized spacial score (nSPS) is 12.4. The van der Waals surface area contributed by atoms with Crippen molar-refractivity contribution in [3.8, 4) is 0 Å². The molecule has 6 nitrogen and oxygen atoms in total. The van der Waals surface area contributed by atoms with Gasteiger partial charge in [-0.2, -0.15) is 12.7 Å². The summed E-state index contributed by atoms with van der Waals surface area (Å²) in [7, 11) is -7.76. The summed E-state index contributed by atoms with van der Waals surface area (Å²) in [4.78, 5) is 0.335. The van der Waals surface area contributed by atoms with Gasteiger partial charge in [-0.05, 0) is 78.1 Å². The first kappa shape index (κ1) is 29.0. The Bertz CT molecular complexity index is 1900. The number of sulfonamides is 1. The Morgan fingerprint density at radius 3 is 1.76 bits per heavy atom. The van der Waals surface area contributed by atoms with E-state index in [2.05, 4.69) is 6.07 Å². The van der Waals surface area contributed by atoms with Crippen molar-refractivity contribution in [3.63, 3.8) is 0 Å². The van der Waals surface area contributed by atoms with Gasteiger partial charge in [-0.25, -0.2) is 8.42 Å². The zero-order chi connectivity index (χ0) is 29.0. The molecule has 5 rings (SSSR count). The Morgan fingerprint density at radius 1 is 0.610 bits per heavy atom. The largest absolute Gasteiger partial charge is 0.296 e. The first-order chi connectivity index (χ1) is 19.6. The summed E-state index contributed by atoms with van der Waals surface area (Å²) in [6.07, 6.45) is 0.814. The van der Waals surface area contributed by atoms with Gasteiger partial charge in [-0.1, -0.05) is 90.0 Å². The van der Waals surface area contributed by atoms with E-state index in [4.69, 9.17) is 4.18 Å². The number of hydrogen-bond donors (Lipinski definition) is 0. The van der Waals surface area contributed by atoms with Crippen molar-refractivity contribution < 1.29 is 21.0 Å². The average Bonchev–Trinajstić information content (AvgIpc) is 2.95. The highest BCUT2D eigenvalue weighted by Gasteiger charge is 2.25. The average molecular weight is 588 g/mol. The highest BCUT2D eigenvalue weighted by atomic mass is 32.2. The predicted molar refractivity (Wildman–Crippen MR) is 164 cm³/mol. The van der Waals surface area contributed by atoms with Crippen LogP contribution in [-0.4, -0.2) is 34.3 Å². The molecular weight excluding hydrogens is 554 g/mol. The minimum atomic E-state index is -3.93. The van der Waals surface area contributed by atoms with E-state index in [0.29, 0.717) is 12.8 Å². The second-order valence-electron chi connectivity index (χ2n) is 10.3. The standard InChI is InChI=1S/C33H33NO5S2/c1-25-19-26(2)21-27(20-25)24-34(40(35,36)32-15-13-28-9-3-5-11-30(28)22-32)17-7-8-18-39-41(37,38)33-16-14-29-10-4-6-12-31(29)23-33/h3-6,9-16,19-23H,7-8,17-18,24H2,1-2H3. The zero-order valence-electron chi connectivity index (χ0n) is 23.2. The maximum absolute atomic E-state index is 13.9. The number of aryl methyl sites for hydroxylation is 2. The van der Waals surface area contributed by atoms with E-state index in [0.717, 1.165) is 38.2 Å². The molecule has 41 heavy (non-hydrogen) atoms. The van der Waals surface area contributed by atoms with Gasteiger partial charge in [0.15, 0.2) is 0 Å². The maximum atomic E-state index is 13.9. The molecule has 212 valence electrons. The molecule has 0 atom stereocenters. The van der Waals surface area contributed by atoms with E-state index >= 15 is 0 Å². The zero-order valence-corrected chi connectivity index (χ0v) is 24.8. The monoisotopic (exact) mass is 587 g/mol. The number of hydrogen-bond acceptors (Lipinski definition) is 5. The fraction of sp³-hybridized carbons (Fsp3) is 0.212. The Hall–Kier alpha value is -3.56. The fourth-order valence-corrected chi connectivity index (χ4v) is 7.56. The van der Waals surface area contributed by atoms with Gasteiger partial charge in [0, 0.05) is 13.1 Å². The quantitative estimate of drug-likeness (QED) is 0.123. The van der Waals surface area contributed by atoms with Crippen LogP contribution in [0.4, 0.5) is 0 Å². The number of rotatable bonds is 11. The summed E-state index contributed by atoms with van der Waals surface area (Å²) < 4.78 is 60.1. The van der Waals surface area contributed by atoms with E-state index in [-0.39, 0.29) is 29.5 Å². The molecule has 0 heterocycles. The van der Waals surface area contributed by atoms with Gasteiger partial charge in [-0.3, -0.25) is 4.18 Å². The third kappa shape index (κ3) is 6.85.